The summed E-state index contributed by atoms with van der Waals surface area (Å²) < 4.78 is 7.74. The van der Waals surface area contributed by atoms with Gasteiger partial charge < -0.3 is 9.64 Å². The average Bonchev–Trinajstić information content (AvgIpc) is 3.06. The second-order valence-electron chi connectivity index (χ2n) is 8.42. The van der Waals surface area contributed by atoms with E-state index in [0.29, 0.717) is 52.7 Å². The summed E-state index contributed by atoms with van der Waals surface area (Å²) in [6.07, 6.45) is 3.42. The predicted octanol–water partition coefficient (Wildman–Crippen LogP) is 3.39. The van der Waals surface area contributed by atoms with E-state index >= 15 is 0 Å². The van der Waals surface area contributed by atoms with Crippen LogP contribution in [0, 0.1) is 17.8 Å². The Balaban J connectivity index is 1.52. The van der Waals surface area contributed by atoms with Gasteiger partial charge in [0.1, 0.15) is 11.2 Å². The van der Waals surface area contributed by atoms with Crippen molar-refractivity contribution in [1.82, 2.24) is 19.4 Å². The van der Waals surface area contributed by atoms with Gasteiger partial charge in [0.2, 0.25) is 0 Å². The fourth-order valence-corrected chi connectivity index (χ4v) is 4.78. The molecule has 2 atom stereocenters. The minimum atomic E-state index is -0.486. The summed E-state index contributed by atoms with van der Waals surface area (Å²) in [5.74, 6) is 1.20. The number of halogens is 1. The molecule has 0 bridgehead atoms. The van der Waals surface area contributed by atoms with Gasteiger partial charge in [0.15, 0.2) is 5.16 Å². The van der Waals surface area contributed by atoms with E-state index in [9.17, 15) is 9.59 Å². The van der Waals surface area contributed by atoms with Crippen molar-refractivity contribution in [2.75, 3.05) is 19.3 Å². The molecule has 1 saturated carbocycles. The number of likely N-dealkylation sites (tertiary alicyclic amines) is 1. The zero-order chi connectivity index (χ0) is 20.2. The lowest BCUT2D eigenvalue weighted by molar-refractivity contribution is 0.0264. The van der Waals surface area contributed by atoms with E-state index in [1.165, 1.54) is 11.8 Å². The molecule has 1 aliphatic carbocycles. The number of piperidine rings is 1. The number of pyridine rings is 1. The lowest BCUT2D eigenvalue weighted by atomic mass is 10.2. The maximum absolute atomic E-state index is 12.8. The zero-order valence-corrected chi connectivity index (χ0v) is 18.7. The molecule has 2 fully saturated rings. The zero-order valence-electron chi connectivity index (χ0n) is 16.3. The molecule has 3 heterocycles. The second kappa shape index (κ2) is 7.02. The summed E-state index contributed by atoms with van der Waals surface area (Å²) in [4.78, 5) is 35.7. The number of carbonyl (C=O) groups excluding carboxylic acids is 1. The van der Waals surface area contributed by atoms with Crippen molar-refractivity contribution in [2.24, 2.45) is 17.8 Å². The Kier molecular flexibility index (Phi) is 4.94. The SMILES string of the molecule is CSc1ncc2cc(Br)c(=O)n(CC3C4CN(C(=O)OC(C)(C)C)CC43)c2n1. The first kappa shape index (κ1) is 19.7. The van der Waals surface area contributed by atoms with Crippen molar-refractivity contribution in [1.29, 1.82) is 0 Å². The van der Waals surface area contributed by atoms with E-state index in [-0.39, 0.29) is 11.7 Å². The van der Waals surface area contributed by atoms with E-state index in [2.05, 4.69) is 25.9 Å². The van der Waals surface area contributed by atoms with Gasteiger partial charge in [0.05, 0.1) is 4.47 Å². The molecule has 2 aromatic heterocycles. The van der Waals surface area contributed by atoms with Gasteiger partial charge in [-0.05, 0) is 66.8 Å². The van der Waals surface area contributed by atoms with Crippen molar-refractivity contribution in [3.05, 3.63) is 27.1 Å². The molecule has 2 aliphatic rings. The van der Waals surface area contributed by atoms with Crippen LogP contribution in [0.5, 0.6) is 0 Å². The van der Waals surface area contributed by atoms with Crippen LogP contribution >= 0.6 is 27.7 Å². The largest absolute Gasteiger partial charge is 0.444 e. The van der Waals surface area contributed by atoms with Gasteiger partial charge in [-0.25, -0.2) is 14.8 Å². The quantitative estimate of drug-likeness (QED) is 0.509. The molecular weight excluding hydrogens is 444 g/mol. The Morgan fingerprint density at radius 1 is 1.36 bits per heavy atom. The number of hydrogen-bond acceptors (Lipinski definition) is 6. The Hall–Kier alpha value is -1.61. The molecule has 0 aromatic carbocycles. The van der Waals surface area contributed by atoms with Crippen LogP contribution in [0.2, 0.25) is 0 Å². The molecule has 0 spiro atoms. The molecule has 2 unspecified atom stereocenters. The van der Waals surface area contributed by atoms with Crippen LogP contribution in [0.25, 0.3) is 11.0 Å². The number of amides is 1. The maximum atomic E-state index is 12.8. The van der Waals surface area contributed by atoms with Crippen LogP contribution < -0.4 is 5.56 Å². The highest BCUT2D eigenvalue weighted by molar-refractivity contribution is 9.10. The second-order valence-corrected chi connectivity index (χ2v) is 10.0. The van der Waals surface area contributed by atoms with Crippen molar-refractivity contribution < 1.29 is 9.53 Å². The summed E-state index contributed by atoms with van der Waals surface area (Å²) >= 11 is 4.82. The number of hydrogen-bond donors (Lipinski definition) is 0. The van der Waals surface area contributed by atoms with Crippen LogP contribution in [-0.4, -0.2) is 50.5 Å². The highest BCUT2D eigenvalue weighted by Crippen LogP contribution is 2.52. The molecule has 0 radical (unpaired) electrons. The summed E-state index contributed by atoms with van der Waals surface area (Å²) in [6, 6.07) is 1.77. The third kappa shape index (κ3) is 3.66. The minimum Gasteiger partial charge on any atom is -0.444 e. The third-order valence-electron chi connectivity index (χ3n) is 5.36. The highest BCUT2D eigenvalue weighted by atomic mass is 79.9. The number of rotatable bonds is 3. The van der Waals surface area contributed by atoms with E-state index < -0.39 is 5.60 Å². The van der Waals surface area contributed by atoms with E-state index in [4.69, 9.17) is 4.74 Å². The summed E-state index contributed by atoms with van der Waals surface area (Å²) in [6.45, 7) is 7.61. The molecule has 28 heavy (non-hydrogen) atoms. The monoisotopic (exact) mass is 466 g/mol. The van der Waals surface area contributed by atoms with E-state index in [1.807, 2.05) is 27.0 Å². The Morgan fingerprint density at radius 3 is 2.64 bits per heavy atom. The van der Waals surface area contributed by atoms with Gasteiger partial charge in [0, 0.05) is 31.2 Å². The Morgan fingerprint density at radius 2 is 2.04 bits per heavy atom. The minimum absolute atomic E-state index is 0.0766. The smallest absolute Gasteiger partial charge is 0.410 e. The first-order valence-electron chi connectivity index (χ1n) is 9.26. The Labute approximate surface area is 176 Å². The summed E-state index contributed by atoms with van der Waals surface area (Å²) in [5.41, 5.74) is 0.106. The number of thioether (sulfide) groups is 1. The molecule has 9 heteroatoms. The van der Waals surface area contributed by atoms with E-state index in [1.54, 1.807) is 21.7 Å². The summed E-state index contributed by atoms with van der Waals surface area (Å²) in [5, 5.41) is 1.49. The lowest BCUT2D eigenvalue weighted by Gasteiger charge is -2.26. The standard InChI is InChI=1S/C19H23BrN4O3S/c1-19(2,3)27-18(26)23-7-11-12(8-23)13(11)9-24-15-10(5-14(20)16(24)25)6-21-17(22-15)28-4/h5-6,11-13H,7-9H2,1-4H3. The fourth-order valence-electron chi connectivity index (χ4n) is 3.98. The number of ether oxygens (including phenoxy) is 1. The highest BCUT2D eigenvalue weighted by Gasteiger charge is 2.57. The van der Waals surface area contributed by atoms with Crippen molar-refractivity contribution in [3.8, 4) is 0 Å². The first-order valence-corrected chi connectivity index (χ1v) is 11.3. The summed E-state index contributed by atoms with van der Waals surface area (Å²) in [7, 11) is 0. The molecule has 7 nitrogen and oxygen atoms in total. The van der Waals surface area contributed by atoms with Gasteiger partial charge in [-0.3, -0.25) is 9.36 Å². The van der Waals surface area contributed by atoms with Crippen molar-refractivity contribution in [3.63, 3.8) is 0 Å². The molecule has 150 valence electrons. The molecule has 1 aliphatic heterocycles. The van der Waals surface area contributed by atoms with E-state index in [0.717, 1.165) is 5.39 Å². The van der Waals surface area contributed by atoms with Crippen LogP contribution in [-0.2, 0) is 11.3 Å². The van der Waals surface area contributed by atoms with Crippen LogP contribution in [0.15, 0.2) is 26.7 Å². The maximum Gasteiger partial charge on any atom is 0.410 e. The molecule has 1 saturated heterocycles. The fraction of sp³-hybridized carbons (Fsp3) is 0.579. The molecule has 4 rings (SSSR count). The number of carbonyl (C=O) groups is 1. The topological polar surface area (TPSA) is 77.3 Å². The van der Waals surface area contributed by atoms with Gasteiger partial charge in [0.25, 0.3) is 5.56 Å². The number of fused-ring (bicyclic) bond motifs is 2. The third-order valence-corrected chi connectivity index (χ3v) is 6.49. The lowest BCUT2D eigenvalue weighted by Crippen LogP contribution is -2.37. The van der Waals surface area contributed by atoms with Gasteiger partial charge in [-0.15, -0.1) is 0 Å². The van der Waals surface area contributed by atoms with Crippen LogP contribution in [0.1, 0.15) is 20.8 Å². The van der Waals surface area contributed by atoms with Gasteiger partial charge in [-0.2, -0.15) is 0 Å². The molecular formula is C19H23BrN4O3S. The normalized spacial score (nSPS) is 23.8. The first-order chi connectivity index (χ1) is 13.2. The average molecular weight is 467 g/mol. The number of aromatic nitrogens is 3. The Bertz CT molecular complexity index is 991. The van der Waals surface area contributed by atoms with Crippen molar-refractivity contribution >= 4 is 44.8 Å². The van der Waals surface area contributed by atoms with Crippen molar-refractivity contribution in [2.45, 2.75) is 38.1 Å². The predicted molar refractivity (Wildman–Crippen MR) is 112 cm³/mol. The molecule has 0 N–H and O–H groups in total. The number of nitrogens with zero attached hydrogens (tertiary/aromatic N) is 4. The van der Waals surface area contributed by atoms with Gasteiger partial charge in [-0.1, -0.05) is 11.8 Å². The molecule has 2 aromatic rings. The van der Waals surface area contributed by atoms with Gasteiger partial charge >= 0.3 is 6.09 Å². The molecule has 1 amide bonds. The van der Waals surface area contributed by atoms with Crippen LogP contribution in [0.4, 0.5) is 4.79 Å². The van der Waals surface area contributed by atoms with Crippen LogP contribution in [0.3, 0.4) is 0 Å².